The molecule has 0 spiro atoms. The number of allylic oxidation sites excluding steroid dienone is 2. The Labute approximate surface area is 490 Å². The number of ether oxygens (including phenoxy) is 2. The summed E-state index contributed by atoms with van der Waals surface area (Å²) in [5.74, 6) is -2.67. The zero-order chi connectivity index (χ0) is 58.1. The van der Waals surface area contributed by atoms with Crippen molar-refractivity contribution in [1.82, 2.24) is 19.9 Å². The van der Waals surface area contributed by atoms with Gasteiger partial charge in [0, 0.05) is 50.7 Å². The van der Waals surface area contributed by atoms with E-state index in [9.17, 15) is 19.2 Å². The van der Waals surface area contributed by atoms with E-state index in [1.165, 1.54) is 42.5 Å². The number of nitrogens with one attached hydrogen (secondary N) is 2. The number of carbonyl (C=O) groups is 2. The van der Waals surface area contributed by atoms with E-state index in [1.807, 2.05) is 12.1 Å². The standard InChI is InChI=1S/C15H6Cl6O4.C7H3BrCl2N2.C7H4Cl2N2.2C7H6N2O2.C4H6N2/c16-6-1-8(18)14(9(19)2-6)24-12(22)5-13(23)25-15-10(20)3-7(17)4-11(15)21;8-2-6-4(3-11)5(9)1-7(10)12-6;1-4-5(3-10)6(8)2-7(9)11-4;2*1-4-5(3-8)6(10)2-7(11)9-4;1-4(6)2-3-5/h1-4H,5H2;1H,2H2;2H,1H3;2*2H,1H3,(H2,9,10,11);2H,6H2,1H3/b;;;;;4-2+. The van der Waals surface area contributed by atoms with Gasteiger partial charge in [-0.05, 0) is 64.1 Å². The van der Waals surface area contributed by atoms with Gasteiger partial charge < -0.3 is 35.4 Å². The van der Waals surface area contributed by atoms with Crippen LogP contribution in [-0.2, 0) is 14.9 Å². The number of hydrogen-bond donors (Lipinski definition) is 5. The number of rotatable bonds is 5. The molecule has 0 amide bonds. The number of carbonyl (C=O) groups excluding carboxylic acids is 2. The molecule has 0 aliphatic heterocycles. The summed E-state index contributed by atoms with van der Waals surface area (Å²) in [6.45, 7) is 6.47. The average Bonchev–Trinajstić information content (AvgIpc) is 3.29. The van der Waals surface area contributed by atoms with Gasteiger partial charge in [-0.25, -0.2) is 9.97 Å². The van der Waals surface area contributed by atoms with Crippen LogP contribution in [-0.4, -0.2) is 42.1 Å². The highest BCUT2D eigenvalue weighted by Crippen LogP contribution is 2.38. The molecule has 0 atom stereocenters. The molecule has 76 heavy (non-hydrogen) atoms. The van der Waals surface area contributed by atoms with Crippen LogP contribution in [0.15, 0.2) is 69.9 Å². The second-order valence-electron chi connectivity index (χ2n) is 13.8. The van der Waals surface area contributed by atoms with Crippen molar-refractivity contribution in [3.63, 3.8) is 0 Å². The van der Waals surface area contributed by atoms with Crippen LogP contribution in [0.5, 0.6) is 23.0 Å². The van der Waals surface area contributed by atoms with Gasteiger partial charge in [-0.2, -0.15) is 26.3 Å². The number of aromatic nitrogens is 4. The minimum atomic E-state index is -0.947. The number of nitrogens with two attached hydrogens (primary N) is 1. The third-order valence-corrected chi connectivity index (χ3v) is 11.1. The summed E-state index contributed by atoms with van der Waals surface area (Å²) in [5, 5.41) is 62.4. The molecule has 2 aromatic carbocycles. The number of aromatic hydroxyl groups is 2. The number of nitriles is 5. The molecule has 6 N–H and O–H groups in total. The molecule has 4 heterocycles. The number of aromatic amines is 2. The Kier molecular flexibility index (Phi) is 29.8. The first-order valence-electron chi connectivity index (χ1n) is 19.8. The van der Waals surface area contributed by atoms with Crippen molar-refractivity contribution >= 4 is 144 Å². The summed E-state index contributed by atoms with van der Waals surface area (Å²) < 4.78 is 9.94. The molecule has 6 aromatic rings. The molecule has 0 radical (unpaired) electrons. The fraction of sp³-hybridized carbons (Fsp3) is 0.128. The Morgan fingerprint density at radius 3 is 1.25 bits per heavy atom. The van der Waals surface area contributed by atoms with Crippen molar-refractivity contribution in [1.29, 1.82) is 26.3 Å². The maximum Gasteiger partial charge on any atom is 0.322 e. The number of hydrogen-bond acceptors (Lipinski definition) is 16. The van der Waals surface area contributed by atoms with Crippen LogP contribution in [0.4, 0.5) is 0 Å². The number of alkyl halides is 1. The first kappa shape index (κ1) is 67.6. The predicted octanol–water partition coefficient (Wildman–Crippen LogP) is 13.1. The topological polar surface area (TPSA) is 330 Å². The van der Waals surface area contributed by atoms with Gasteiger partial charge >= 0.3 is 11.9 Å². The molecule has 0 unspecified atom stereocenters. The number of halogens is 11. The van der Waals surface area contributed by atoms with Crippen LogP contribution < -0.4 is 26.3 Å². The summed E-state index contributed by atoms with van der Waals surface area (Å²) in [6, 6.07) is 19.4. The predicted molar refractivity (Wildman–Crippen MR) is 294 cm³/mol. The van der Waals surface area contributed by atoms with Gasteiger partial charge in [0.1, 0.15) is 63.6 Å². The van der Waals surface area contributed by atoms with E-state index in [0.29, 0.717) is 65.3 Å². The Balaban J connectivity index is 0.000000485. The molecule has 394 valence electrons. The van der Waals surface area contributed by atoms with Crippen LogP contribution in [0.25, 0.3) is 0 Å². The number of esters is 2. The third-order valence-electron chi connectivity index (χ3n) is 8.07. The first-order chi connectivity index (χ1) is 35.6. The number of H-pyrrole nitrogens is 2. The Morgan fingerprint density at radius 2 is 0.961 bits per heavy atom. The summed E-state index contributed by atoms with van der Waals surface area (Å²) in [7, 11) is 0. The fourth-order valence-corrected chi connectivity index (χ4v) is 8.17. The maximum absolute atomic E-state index is 11.9. The third kappa shape index (κ3) is 22.8. The molecule has 0 saturated carbocycles. The van der Waals surface area contributed by atoms with Gasteiger partial charge in [0.15, 0.2) is 11.5 Å². The summed E-state index contributed by atoms with van der Waals surface area (Å²) in [6.07, 6.45) is 0.560. The fourth-order valence-electron chi connectivity index (χ4n) is 4.88. The average molecular weight is 1300 g/mol. The SMILES string of the molecule is C/C(N)=C\C#N.Cc1[nH]c(=O)cc(O)c1C#N.Cc1[nH]c(=O)cc(O)c1C#N.Cc1nc(Cl)cc(Cl)c1C#N.N#Cc1c(Cl)cc(Cl)nc1CBr.O=C(CC(=O)Oc1c(Cl)cc(Cl)cc1Cl)Oc1c(Cl)cc(Cl)cc1Cl. The van der Waals surface area contributed by atoms with Crippen molar-refractivity contribution in [2.24, 2.45) is 5.73 Å². The van der Waals surface area contributed by atoms with E-state index in [1.54, 1.807) is 45.9 Å². The molecule has 0 saturated heterocycles. The van der Waals surface area contributed by atoms with E-state index in [4.69, 9.17) is 168 Å². The lowest BCUT2D eigenvalue weighted by Gasteiger charge is -2.10. The van der Waals surface area contributed by atoms with Crippen molar-refractivity contribution in [2.75, 3.05) is 0 Å². The minimum Gasteiger partial charge on any atom is -0.506 e. The van der Waals surface area contributed by atoms with E-state index in [0.717, 1.165) is 12.1 Å². The highest BCUT2D eigenvalue weighted by Gasteiger charge is 2.20. The molecule has 4 aromatic heterocycles. The highest BCUT2D eigenvalue weighted by molar-refractivity contribution is 9.08. The highest BCUT2D eigenvalue weighted by atomic mass is 79.9. The van der Waals surface area contributed by atoms with Crippen molar-refractivity contribution in [3.05, 3.63) is 177 Å². The first-order valence-corrected chi connectivity index (χ1v) is 24.7. The Bertz CT molecular complexity index is 3240. The van der Waals surface area contributed by atoms with Gasteiger partial charge in [-0.15, -0.1) is 0 Å². The summed E-state index contributed by atoms with van der Waals surface area (Å²) in [4.78, 5) is 57.6. The normalized spacial score (nSPS) is 9.74. The van der Waals surface area contributed by atoms with Crippen LogP contribution in [0.1, 0.15) is 58.4 Å². The number of nitrogens with zero attached hydrogens (tertiary/aromatic N) is 7. The second-order valence-corrected chi connectivity index (χ2v) is 18.4. The van der Waals surface area contributed by atoms with Crippen LogP contribution in [0.3, 0.4) is 0 Å². The molecule has 6 rings (SSSR count). The number of benzene rings is 2. The molecule has 0 fully saturated rings. The monoisotopic (exact) mass is 1290 g/mol. The van der Waals surface area contributed by atoms with E-state index in [-0.39, 0.29) is 64.3 Å². The molecule has 29 heteroatoms. The van der Waals surface area contributed by atoms with Crippen molar-refractivity contribution < 1.29 is 29.3 Å². The van der Waals surface area contributed by atoms with Gasteiger partial charge in [-0.1, -0.05) is 132 Å². The van der Waals surface area contributed by atoms with Crippen molar-refractivity contribution in [3.8, 4) is 53.3 Å². The summed E-state index contributed by atoms with van der Waals surface area (Å²) in [5.41, 5.74) is 7.67. The van der Waals surface area contributed by atoms with Crippen LogP contribution in [0.2, 0.25) is 50.5 Å². The quantitative estimate of drug-likeness (QED) is 0.0267. The van der Waals surface area contributed by atoms with Crippen LogP contribution >= 0.6 is 132 Å². The molecular weight excluding hydrogens is 1270 g/mol. The number of aryl methyl sites for hydroxylation is 3. The largest absolute Gasteiger partial charge is 0.506 e. The van der Waals surface area contributed by atoms with E-state index < -0.39 is 29.5 Å². The van der Waals surface area contributed by atoms with Gasteiger partial charge in [0.25, 0.3) is 11.1 Å². The lowest BCUT2D eigenvalue weighted by Crippen LogP contribution is -2.18. The van der Waals surface area contributed by atoms with Crippen molar-refractivity contribution in [2.45, 2.75) is 39.4 Å². The Morgan fingerprint density at radius 1 is 0.605 bits per heavy atom. The maximum atomic E-state index is 11.9. The molecular formula is C47H31BrCl10N10O8. The zero-order valence-electron chi connectivity index (χ0n) is 38.8. The molecule has 0 aliphatic rings. The second kappa shape index (κ2) is 33.6. The zero-order valence-corrected chi connectivity index (χ0v) is 48.0. The van der Waals surface area contributed by atoms with Crippen LogP contribution in [0, 0.1) is 77.4 Å². The molecule has 0 bridgehead atoms. The minimum absolute atomic E-state index is 0.0167. The van der Waals surface area contributed by atoms with E-state index >= 15 is 0 Å². The molecule has 0 aliphatic carbocycles. The lowest BCUT2D eigenvalue weighted by molar-refractivity contribution is -0.144. The number of pyridine rings is 4. The van der Waals surface area contributed by atoms with Gasteiger partial charge in [0.05, 0.1) is 58.7 Å². The van der Waals surface area contributed by atoms with E-state index in [2.05, 4.69) is 35.9 Å². The smallest absolute Gasteiger partial charge is 0.322 e. The molecule has 18 nitrogen and oxygen atoms in total. The Hall–Kier alpha value is -6.45. The van der Waals surface area contributed by atoms with Gasteiger partial charge in [-0.3, -0.25) is 19.2 Å². The van der Waals surface area contributed by atoms with Gasteiger partial charge in [0.2, 0.25) is 0 Å². The summed E-state index contributed by atoms with van der Waals surface area (Å²) >= 11 is 60.9. The lowest BCUT2D eigenvalue weighted by atomic mass is 10.2.